The van der Waals surface area contributed by atoms with E-state index < -0.39 is 6.04 Å². The highest BCUT2D eigenvalue weighted by Crippen LogP contribution is 2.41. The van der Waals surface area contributed by atoms with Crippen LogP contribution in [-0.4, -0.2) is 43.8 Å². The van der Waals surface area contributed by atoms with Gasteiger partial charge in [-0.15, -0.1) is 0 Å². The van der Waals surface area contributed by atoms with Crippen molar-refractivity contribution in [3.8, 4) is 11.5 Å². The van der Waals surface area contributed by atoms with Crippen LogP contribution in [0, 0.1) is 5.92 Å². The lowest BCUT2D eigenvalue weighted by molar-refractivity contribution is 0.0486. The second kappa shape index (κ2) is 10.1. The van der Waals surface area contributed by atoms with E-state index in [-0.39, 0.29) is 23.2 Å². The quantitative estimate of drug-likeness (QED) is 0.391. The van der Waals surface area contributed by atoms with Crippen LogP contribution in [0.25, 0.3) is 11.0 Å². The van der Waals surface area contributed by atoms with Gasteiger partial charge in [-0.1, -0.05) is 31.5 Å². The number of halogens is 1. The van der Waals surface area contributed by atoms with E-state index >= 15 is 0 Å². The molecule has 1 amide bonds. The minimum atomic E-state index is -0.644. The molecule has 8 heteroatoms. The second-order valence-electron chi connectivity index (χ2n) is 9.75. The van der Waals surface area contributed by atoms with Crippen LogP contribution in [0.4, 0.5) is 0 Å². The summed E-state index contributed by atoms with van der Waals surface area (Å²) in [7, 11) is 1.58. The fourth-order valence-corrected chi connectivity index (χ4v) is 5.09. The van der Waals surface area contributed by atoms with Gasteiger partial charge in [-0.25, -0.2) is 0 Å². The van der Waals surface area contributed by atoms with Crippen molar-refractivity contribution in [2.75, 3.05) is 26.9 Å². The van der Waals surface area contributed by atoms with Crippen molar-refractivity contribution >= 4 is 28.5 Å². The Balaban J connectivity index is 1.60. The van der Waals surface area contributed by atoms with Crippen LogP contribution in [0.2, 0.25) is 5.02 Å². The zero-order chi connectivity index (χ0) is 25.4. The highest BCUT2D eigenvalue weighted by molar-refractivity contribution is 6.31. The second-order valence-corrected chi connectivity index (χ2v) is 10.2. The molecule has 1 aromatic heterocycles. The summed E-state index contributed by atoms with van der Waals surface area (Å²) in [5.41, 5.74) is 1.11. The van der Waals surface area contributed by atoms with Gasteiger partial charge in [-0.3, -0.25) is 9.59 Å². The van der Waals surface area contributed by atoms with E-state index in [0.29, 0.717) is 58.7 Å². The number of nitrogens with zero attached hydrogens (tertiary/aromatic N) is 1. The van der Waals surface area contributed by atoms with Gasteiger partial charge in [-0.2, -0.15) is 0 Å². The zero-order valence-corrected chi connectivity index (χ0v) is 21.5. The molecule has 190 valence electrons. The number of amides is 1. The summed E-state index contributed by atoms with van der Waals surface area (Å²) in [5.74, 6) is 1.42. The number of hydrogen-bond donors (Lipinski definition) is 0. The summed E-state index contributed by atoms with van der Waals surface area (Å²) in [6, 6.07) is 9.75. The summed E-state index contributed by atoms with van der Waals surface area (Å²) < 4.78 is 23.4. The van der Waals surface area contributed by atoms with Crippen LogP contribution >= 0.6 is 11.6 Å². The summed E-state index contributed by atoms with van der Waals surface area (Å²) in [5, 5.41) is 0.773. The Morgan fingerprint density at radius 1 is 1.14 bits per heavy atom. The minimum absolute atomic E-state index is 0.0639. The largest absolute Gasteiger partial charge is 0.493 e. The molecule has 0 radical (unpaired) electrons. The molecule has 36 heavy (non-hydrogen) atoms. The van der Waals surface area contributed by atoms with Gasteiger partial charge in [-0.05, 0) is 61.1 Å². The van der Waals surface area contributed by atoms with E-state index in [9.17, 15) is 9.59 Å². The molecule has 2 aliphatic rings. The maximum atomic E-state index is 13.7. The minimum Gasteiger partial charge on any atom is -0.493 e. The highest BCUT2D eigenvalue weighted by Gasteiger charge is 2.44. The van der Waals surface area contributed by atoms with Gasteiger partial charge in [0.1, 0.15) is 5.58 Å². The molecule has 7 nitrogen and oxygen atoms in total. The van der Waals surface area contributed by atoms with Gasteiger partial charge in [0, 0.05) is 18.2 Å². The maximum absolute atomic E-state index is 13.7. The average Bonchev–Trinajstić information content (AvgIpc) is 3.47. The molecule has 2 atom stereocenters. The van der Waals surface area contributed by atoms with E-state index in [1.54, 1.807) is 30.2 Å². The summed E-state index contributed by atoms with van der Waals surface area (Å²) in [6.07, 6.45) is 2.63. The van der Waals surface area contributed by atoms with Crippen molar-refractivity contribution in [2.45, 2.75) is 45.3 Å². The van der Waals surface area contributed by atoms with Crippen molar-refractivity contribution in [2.24, 2.45) is 5.92 Å². The summed E-state index contributed by atoms with van der Waals surface area (Å²) in [6.45, 7) is 5.88. The third-order valence-corrected chi connectivity index (χ3v) is 7.04. The normalized spacial score (nSPS) is 19.4. The predicted octanol–water partition coefficient (Wildman–Crippen LogP) is 5.60. The number of ether oxygens (including phenoxy) is 3. The fraction of sp³-hybridized carbons (Fsp3) is 0.429. The van der Waals surface area contributed by atoms with Gasteiger partial charge < -0.3 is 23.5 Å². The molecule has 0 N–H and O–H groups in total. The lowest BCUT2D eigenvalue weighted by Gasteiger charge is -2.28. The number of carbonyl (C=O) groups excluding carboxylic acids is 1. The Kier molecular flexibility index (Phi) is 6.95. The molecule has 2 aliphatic heterocycles. The first-order valence-electron chi connectivity index (χ1n) is 12.4. The lowest BCUT2D eigenvalue weighted by Crippen LogP contribution is -2.36. The molecule has 3 aromatic rings. The van der Waals surface area contributed by atoms with Crippen LogP contribution in [0.3, 0.4) is 0 Å². The SMILES string of the molecule is COc1cc(C2c3c(oc4ccc(Cl)cc4c3=O)C(=O)N2CC2CCCO2)ccc1OCCC(C)C. The molecule has 2 unspecified atom stereocenters. The third kappa shape index (κ3) is 4.58. The zero-order valence-electron chi connectivity index (χ0n) is 20.7. The molecule has 5 rings (SSSR count). The molecule has 2 aromatic carbocycles. The van der Waals surface area contributed by atoms with Crippen molar-refractivity contribution in [3.63, 3.8) is 0 Å². The maximum Gasteiger partial charge on any atom is 0.291 e. The van der Waals surface area contributed by atoms with Gasteiger partial charge in [0.05, 0.1) is 36.8 Å². The Morgan fingerprint density at radius 3 is 2.69 bits per heavy atom. The van der Waals surface area contributed by atoms with Gasteiger partial charge in [0.2, 0.25) is 5.76 Å². The Labute approximate surface area is 214 Å². The highest BCUT2D eigenvalue weighted by atomic mass is 35.5. The molecular weight excluding hydrogens is 482 g/mol. The van der Waals surface area contributed by atoms with E-state index in [4.69, 9.17) is 30.2 Å². The first-order valence-corrected chi connectivity index (χ1v) is 12.7. The van der Waals surface area contributed by atoms with Crippen LogP contribution in [0.15, 0.2) is 45.6 Å². The van der Waals surface area contributed by atoms with Gasteiger partial charge in [0.15, 0.2) is 16.9 Å². The fourth-order valence-electron chi connectivity index (χ4n) is 4.91. The first-order chi connectivity index (χ1) is 17.4. The van der Waals surface area contributed by atoms with E-state index in [1.807, 2.05) is 18.2 Å². The molecular formula is C28H30ClNO6. The Bertz CT molecular complexity index is 1340. The van der Waals surface area contributed by atoms with Gasteiger partial charge in [0.25, 0.3) is 5.91 Å². The van der Waals surface area contributed by atoms with Crippen molar-refractivity contribution in [3.05, 3.63) is 68.5 Å². The smallest absolute Gasteiger partial charge is 0.291 e. The van der Waals surface area contributed by atoms with Gasteiger partial charge >= 0.3 is 0 Å². The van der Waals surface area contributed by atoms with Crippen molar-refractivity contribution in [1.29, 1.82) is 0 Å². The molecule has 3 heterocycles. The van der Waals surface area contributed by atoms with Crippen molar-refractivity contribution in [1.82, 2.24) is 4.90 Å². The summed E-state index contributed by atoms with van der Waals surface area (Å²) in [4.78, 5) is 29.0. The number of rotatable bonds is 8. The van der Waals surface area contributed by atoms with Crippen molar-refractivity contribution < 1.29 is 23.4 Å². The Hall–Kier alpha value is -3.03. The van der Waals surface area contributed by atoms with Crippen LogP contribution in [0.5, 0.6) is 11.5 Å². The lowest BCUT2D eigenvalue weighted by atomic mass is 9.97. The Morgan fingerprint density at radius 2 is 1.97 bits per heavy atom. The summed E-state index contributed by atoms with van der Waals surface area (Å²) >= 11 is 6.18. The molecule has 0 spiro atoms. The number of hydrogen-bond acceptors (Lipinski definition) is 6. The molecule has 1 saturated heterocycles. The monoisotopic (exact) mass is 511 g/mol. The number of benzene rings is 2. The van der Waals surface area contributed by atoms with E-state index in [1.165, 1.54) is 0 Å². The standard InChI is InChI=1S/C28H30ClNO6/c1-16(2)10-12-35-22-8-6-17(13-23(22)33-3)25-24-26(31)20-14-18(29)7-9-21(20)36-27(24)28(32)30(25)15-19-5-4-11-34-19/h6-9,13-14,16,19,25H,4-5,10-12,15H2,1-3H3. The topological polar surface area (TPSA) is 78.2 Å². The van der Waals surface area contributed by atoms with Crippen LogP contribution in [-0.2, 0) is 4.74 Å². The molecule has 0 saturated carbocycles. The number of methoxy groups -OCH3 is 1. The third-order valence-electron chi connectivity index (χ3n) is 6.81. The number of carbonyl (C=O) groups is 1. The average molecular weight is 512 g/mol. The van der Waals surface area contributed by atoms with E-state index in [2.05, 4.69) is 13.8 Å². The van der Waals surface area contributed by atoms with Crippen LogP contribution in [0.1, 0.15) is 60.8 Å². The molecule has 0 aliphatic carbocycles. The first kappa shape index (κ1) is 24.7. The van der Waals surface area contributed by atoms with Crippen LogP contribution < -0.4 is 14.9 Å². The predicted molar refractivity (Wildman–Crippen MR) is 137 cm³/mol. The molecule has 0 bridgehead atoms. The molecule has 1 fully saturated rings. The van der Waals surface area contributed by atoms with E-state index in [0.717, 1.165) is 24.8 Å². The number of fused-ring (bicyclic) bond motifs is 2.